The van der Waals surface area contributed by atoms with Crippen molar-refractivity contribution in [2.45, 2.75) is 37.8 Å². The van der Waals surface area contributed by atoms with E-state index in [2.05, 4.69) is 46.2 Å². The molecule has 4 heteroatoms. The highest BCUT2D eigenvalue weighted by atomic mass is 32.2. The average Bonchev–Trinajstić information content (AvgIpc) is 2.50. The van der Waals surface area contributed by atoms with Gasteiger partial charge in [-0.3, -0.25) is 0 Å². The van der Waals surface area contributed by atoms with Crippen LogP contribution in [0.25, 0.3) is 0 Å². The molecule has 0 aliphatic carbocycles. The highest BCUT2D eigenvalue weighted by Gasteiger charge is 2.20. The van der Waals surface area contributed by atoms with Gasteiger partial charge in [0.1, 0.15) is 0 Å². The number of nitrogens with one attached hydrogen (secondary N) is 1. The third-order valence-electron chi connectivity index (χ3n) is 4.29. The maximum atomic E-state index is 9.66. The first-order chi connectivity index (χ1) is 9.83. The second-order valence-corrected chi connectivity index (χ2v) is 6.99. The molecule has 2 fully saturated rings. The maximum absolute atomic E-state index is 9.66. The molecule has 2 N–H and O–H groups in total. The number of para-hydroxylation sites is 2. The van der Waals surface area contributed by atoms with Gasteiger partial charge in [0.05, 0.1) is 17.5 Å². The second-order valence-electron chi connectivity index (χ2n) is 5.77. The van der Waals surface area contributed by atoms with E-state index in [0.29, 0.717) is 6.04 Å². The summed E-state index contributed by atoms with van der Waals surface area (Å²) in [5.41, 5.74) is 2.57. The Hall–Kier alpha value is -0.870. The van der Waals surface area contributed by atoms with Crippen LogP contribution in [0.15, 0.2) is 24.3 Å². The van der Waals surface area contributed by atoms with Crippen LogP contribution in [0, 0.1) is 0 Å². The van der Waals surface area contributed by atoms with Gasteiger partial charge in [0.15, 0.2) is 0 Å². The summed E-state index contributed by atoms with van der Waals surface area (Å²) in [6.07, 6.45) is 4.18. The Labute approximate surface area is 125 Å². The molecule has 3 rings (SSSR count). The van der Waals surface area contributed by atoms with Crippen molar-refractivity contribution in [1.29, 1.82) is 0 Å². The lowest BCUT2D eigenvalue weighted by atomic mass is 10.1. The van der Waals surface area contributed by atoms with Gasteiger partial charge in [0.2, 0.25) is 0 Å². The van der Waals surface area contributed by atoms with Crippen molar-refractivity contribution >= 4 is 23.1 Å². The number of aliphatic hydroxyl groups is 1. The summed E-state index contributed by atoms with van der Waals surface area (Å²) in [4.78, 5) is 2.41. The van der Waals surface area contributed by atoms with Gasteiger partial charge in [-0.25, -0.2) is 0 Å². The van der Waals surface area contributed by atoms with Crippen molar-refractivity contribution in [3.63, 3.8) is 0 Å². The summed E-state index contributed by atoms with van der Waals surface area (Å²) in [6, 6.07) is 9.25. The summed E-state index contributed by atoms with van der Waals surface area (Å²) in [7, 11) is 0. The van der Waals surface area contributed by atoms with Crippen LogP contribution in [0.4, 0.5) is 11.4 Å². The molecule has 0 spiro atoms. The van der Waals surface area contributed by atoms with E-state index in [1.807, 2.05) is 0 Å². The molecule has 0 saturated carbocycles. The van der Waals surface area contributed by atoms with E-state index in [4.69, 9.17) is 0 Å². The van der Waals surface area contributed by atoms with Gasteiger partial charge in [-0.15, -0.1) is 0 Å². The SMILES string of the molecule is OC1CCN(c2ccccc2NC2CCSCC2)CC1. The Kier molecular flexibility index (Phi) is 4.73. The van der Waals surface area contributed by atoms with Crippen molar-refractivity contribution in [3.05, 3.63) is 24.3 Å². The summed E-state index contributed by atoms with van der Waals surface area (Å²) in [5, 5.41) is 13.4. The minimum absolute atomic E-state index is 0.109. The van der Waals surface area contributed by atoms with E-state index >= 15 is 0 Å². The van der Waals surface area contributed by atoms with Crippen LogP contribution in [-0.4, -0.2) is 41.8 Å². The molecule has 2 saturated heterocycles. The van der Waals surface area contributed by atoms with Gasteiger partial charge in [0.25, 0.3) is 0 Å². The third kappa shape index (κ3) is 3.41. The molecule has 0 radical (unpaired) electrons. The highest BCUT2D eigenvalue weighted by Crippen LogP contribution is 2.30. The fourth-order valence-electron chi connectivity index (χ4n) is 3.04. The fourth-order valence-corrected chi connectivity index (χ4v) is 4.15. The first-order valence-corrected chi connectivity index (χ1v) is 8.85. The Balaban J connectivity index is 1.70. The van der Waals surface area contributed by atoms with E-state index in [0.717, 1.165) is 25.9 Å². The van der Waals surface area contributed by atoms with Crippen LogP contribution in [0.3, 0.4) is 0 Å². The third-order valence-corrected chi connectivity index (χ3v) is 5.34. The molecule has 1 aromatic carbocycles. The lowest BCUT2D eigenvalue weighted by molar-refractivity contribution is 0.145. The van der Waals surface area contributed by atoms with Crippen LogP contribution < -0.4 is 10.2 Å². The van der Waals surface area contributed by atoms with Crippen LogP contribution in [0.5, 0.6) is 0 Å². The highest BCUT2D eigenvalue weighted by molar-refractivity contribution is 7.99. The molecule has 0 amide bonds. The molecule has 1 aromatic rings. The molecule has 0 aromatic heterocycles. The van der Waals surface area contributed by atoms with Gasteiger partial charge < -0.3 is 15.3 Å². The maximum Gasteiger partial charge on any atom is 0.0602 e. The van der Waals surface area contributed by atoms with Crippen molar-refractivity contribution in [1.82, 2.24) is 0 Å². The number of rotatable bonds is 3. The summed E-state index contributed by atoms with van der Waals surface area (Å²) in [6.45, 7) is 1.92. The van der Waals surface area contributed by atoms with E-state index in [-0.39, 0.29) is 6.10 Å². The lowest BCUT2D eigenvalue weighted by Crippen LogP contribution is -2.36. The van der Waals surface area contributed by atoms with Gasteiger partial charge in [-0.2, -0.15) is 11.8 Å². The molecule has 0 unspecified atom stereocenters. The number of piperidine rings is 1. The predicted molar refractivity (Wildman–Crippen MR) is 87.9 cm³/mol. The standard InChI is InChI=1S/C16H24N2OS/c19-14-5-9-18(10-6-14)16-4-2-1-3-15(16)17-13-7-11-20-12-8-13/h1-4,13-14,17,19H,5-12H2. The number of thioether (sulfide) groups is 1. The number of hydrogen-bond acceptors (Lipinski definition) is 4. The largest absolute Gasteiger partial charge is 0.393 e. The summed E-state index contributed by atoms with van der Waals surface area (Å²) < 4.78 is 0. The van der Waals surface area contributed by atoms with E-state index in [1.165, 1.54) is 35.7 Å². The average molecular weight is 292 g/mol. The number of anilines is 2. The van der Waals surface area contributed by atoms with Crippen LogP contribution >= 0.6 is 11.8 Å². The molecule has 2 aliphatic rings. The Morgan fingerprint density at radius 1 is 1.05 bits per heavy atom. The normalized spacial score (nSPS) is 21.9. The molecular formula is C16H24N2OS. The lowest BCUT2D eigenvalue weighted by Gasteiger charge is -2.34. The van der Waals surface area contributed by atoms with Crippen molar-refractivity contribution < 1.29 is 5.11 Å². The van der Waals surface area contributed by atoms with E-state index in [9.17, 15) is 5.11 Å². The van der Waals surface area contributed by atoms with Crippen molar-refractivity contribution in [2.75, 3.05) is 34.8 Å². The Bertz CT molecular complexity index is 426. The molecular weight excluding hydrogens is 268 g/mol. The first-order valence-electron chi connectivity index (χ1n) is 7.69. The second kappa shape index (κ2) is 6.72. The van der Waals surface area contributed by atoms with Gasteiger partial charge >= 0.3 is 0 Å². The summed E-state index contributed by atoms with van der Waals surface area (Å²) >= 11 is 2.06. The zero-order valence-electron chi connectivity index (χ0n) is 11.9. The monoisotopic (exact) mass is 292 g/mol. The van der Waals surface area contributed by atoms with Crippen molar-refractivity contribution in [2.24, 2.45) is 0 Å². The Morgan fingerprint density at radius 3 is 2.50 bits per heavy atom. The minimum Gasteiger partial charge on any atom is -0.393 e. The number of benzene rings is 1. The first kappa shape index (κ1) is 14.1. The minimum atomic E-state index is -0.109. The predicted octanol–water partition coefficient (Wildman–Crippen LogP) is 2.96. The van der Waals surface area contributed by atoms with E-state index in [1.54, 1.807) is 0 Å². The molecule has 110 valence electrons. The zero-order chi connectivity index (χ0) is 13.8. The van der Waals surface area contributed by atoms with E-state index < -0.39 is 0 Å². The van der Waals surface area contributed by atoms with Gasteiger partial charge in [-0.05, 0) is 49.3 Å². The molecule has 0 bridgehead atoms. The summed E-state index contributed by atoms with van der Waals surface area (Å²) in [5.74, 6) is 2.55. The fraction of sp³-hybridized carbons (Fsp3) is 0.625. The Morgan fingerprint density at radius 2 is 1.75 bits per heavy atom. The molecule has 2 heterocycles. The number of aliphatic hydroxyl groups excluding tert-OH is 1. The van der Waals surface area contributed by atoms with Crippen LogP contribution in [0.2, 0.25) is 0 Å². The molecule has 2 aliphatic heterocycles. The van der Waals surface area contributed by atoms with Crippen molar-refractivity contribution in [3.8, 4) is 0 Å². The topological polar surface area (TPSA) is 35.5 Å². The van der Waals surface area contributed by atoms with Crippen LogP contribution in [-0.2, 0) is 0 Å². The zero-order valence-corrected chi connectivity index (χ0v) is 12.7. The van der Waals surface area contributed by atoms with Crippen LogP contribution in [0.1, 0.15) is 25.7 Å². The molecule has 20 heavy (non-hydrogen) atoms. The molecule has 3 nitrogen and oxygen atoms in total. The molecule has 0 atom stereocenters. The number of hydrogen-bond donors (Lipinski definition) is 2. The quantitative estimate of drug-likeness (QED) is 0.898. The number of nitrogens with zero attached hydrogens (tertiary/aromatic N) is 1. The van der Waals surface area contributed by atoms with Gasteiger partial charge in [0, 0.05) is 19.1 Å². The van der Waals surface area contributed by atoms with Gasteiger partial charge in [-0.1, -0.05) is 12.1 Å². The smallest absolute Gasteiger partial charge is 0.0602 e.